The quantitative estimate of drug-likeness (QED) is 0.610. The Morgan fingerprint density at radius 1 is 1.29 bits per heavy atom. The van der Waals surface area contributed by atoms with Gasteiger partial charge in [-0.15, -0.1) is 0 Å². The number of H-pyrrole nitrogens is 2. The van der Waals surface area contributed by atoms with Gasteiger partial charge in [-0.25, -0.2) is 9.97 Å². The van der Waals surface area contributed by atoms with Crippen LogP contribution in [0.5, 0.6) is 0 Å². The van der Waals surface area contributed by atoms with Gasteiger partial charge in [0, 0.05) is 23.3 Å². The fraction of sp³-hybridized carbons (Fsp3) is 0. The first kappa shape index (κ1) is 9.59. The van der Waals surface area contributed by atoms with E-state index in [9.17, 15) is 4.79 Å². The number of nitrogens with two attached hydrogens (primary N) is 1. The predicted molar refractivity (Wildman–Crippen MR) is 62.2 cm³/mol. The van der Waals surface area contributed by atoms with Crippen molar-refractivity contribution in [1.29, 1.82) is 0 Å². The second-order valence-electron chi connectivity index (χ2n) is 3.63. The van der Waals surface area contributed by atoms with Gasteiger partial charge in [-0.3, -0.25) is 4.79 Å². The molecule has 0 bridgehead atoms. The lowest BCUT2D eigenvalue weighted by Gasteiger charge is -1.97. The average molecular weight is 227 g/mol. The molecular weight excluding hydrogens is 218 g/mol. The molecule has 0 spiro atoms. The minimum absolute atomic E-state index is 0.363. The molecule has 0 aromatic carbocycles. The summed E-state index contributed by atoms with van der Waals surface area (Å²) in [7, 11) is 0. The molecular formula is C11H9N5O. The van der Waals surface area contributed by atoms with Crippen molar-refractivity contribution in [2.45, 2.75) is 0 Å². The van der Waals surface area contributed by atoms with E-state index >= 15 is 0 Å². The Balaban J connectivity index is 2.19. The van der Waals surface area contributed by atoms with Crippen molar-refractivity contribution in [3.05, 3.63) is 36.5 Å². The summed E-state index contributed by atoms with van der Waals surface area (Å²) in [6.45, 7) is 0. The van der Waals surface area contributed by atoms with Crippen LogP contribution in [0.2, 0.25) is 0 Å². The number of carbonyl (C=O) groups is 1. The molecule has 3 aromatic heterocycles. The minimum atomic E-state index is -0.490. The number of hydrogen-bond donors (Lipinski definition) is 3. The molecule has 0 unspecified atom stereocenters. The zero-order valence-electron chi connectivity index (χ0n) is 8.77. The summed E-state index contributed by atoms with van der Waals surface area (Å²) in [4.78, 5) is 25.2. The van der Waals surface area contributed by atoms with Crippen LogP contribution in [0.25, 0.3) is 22.3 Å². The van der Waals surface area contributed by atoms with Gasteiger partial charge in [-0.2, -0.15) is 0 Å². The highest BCUT2D eigenvalue weighted by atomic mass is 16.1. The third-order valence-corrected chi connectivity index (χ3v) is 2.58. The van der Waals surface area contributed by atoms with Crippen molar-refractivity contribution >= 4 is 16.9 Å². The van der Waals surface area contributed by atoms with Gasteiger partial charge in [0.15, 0.2) is 0 Å². The van der Waals surface area contributed by atoms with Crippen LogP contribution in [0.4, 0.5) is 0 Å². The van der Waals surface area contributed by atoms with Crippen LogP contribution < -0.4 is 5.73 Å². The van der Waals surface area contributed by atoms with Gasteiger partial charge in [-0.05, 0) is 12.1 Å². The fourth-order valence-electron chi connectivity index (χ4n) is 1.78. The Hall–Kier alpha value is -2.63. The molecule has 0 aliphatic heterocycles. The van der Waals surface area contributed by atoms with Crippen molar-refractivity contribution < 1.29 is 4.79 Å². The van der Waals surface area contributed by atoms with Gasteiger partial charge < -0.3 is 15.7 Å². The van der Waals surface area contributed by atoms with Gasteiger partial charge in [0.1, 0.15) is 17.7 Å². The van der Waals surface area contributed by atoms with Crippen molar-refractivity contribution in [2.24, 2.45) is 5.73 Å². The van der Waals surface area contributed by atoms with Crippen molar-refractivity contribution in [3.8, 4) is 11.3 Å². The Morgan fingerprint density at radius 2 is 2.18 bits per heavy atom. The van der Waals surface area contributed by atoms with Crippen LogP contribution in [0.15, 0.2) is 30.9 Å². The topological polar surface area (TPSA) is 100 Å². The Labute approximate surface area is 95.9 Å². The number of hydrogen-bond acceptors (Lipinski definition) is 3. The maximum Gasteiger partial charge on any atom is 0.265 e. The lowest BCUT2D eigenvalue weighted by Crippen LogP contribution is -2.10. The summed E-state index contributed by atoms with van der Waals surface area (Å²) in [5, 5.41) is 0.905. The molecule has 3 aromatic rings. The van der Waals surface area contributed by atoms with Crippen LogP contribution in [-0.2, 0) is 0 Å². The Kier molecular flexibility index (Phi) is 1.94. The van der Waals surface area contributed by atoms with E-state index in [1.54, 1.807) is 18.5 Å². The molecule has 3 heterocycles. The standard InChI is InChI=1S/C11H9N5O/c12-10(17)8-3-6(4-14-8)9-7-1-2-13-11(7)16-5-15-9/h1-5,14H,(H2,12,17)(H,13,15,16). The van der Waals surface area contributed by atoms with Crippen LogP contribution >= 0.6 is 0 Å². The first-order valence-corrected chi connectivity index (χ1v) is 5.02. The third kappa shape index (κ3) is 1.46. The summed E-state index contributed by atoms with van der Waals surface area (Å²) in [5.74, 6) is -0.490. The molecule has 0 saturated carbocycles. The van der Waals surface area contributed by atoms with E-state index < -0.39 is 5.91 Å². The normalized spacial score (nSPS) is 10.8. The molecule has 3 rings (SSSR count). The van der Waals surface area contributed by atoms with Gasteiger partial charge in [-0.1, -0.05) is 0 Å². The number of amides is 1. The predicted octanol–water partition coefficient (Wildman–Crippen LogP) is 1.05. The summed E-state index contributed by atoms with van der Waals surface area (Å²) in [6.07, 6.45) is 4.98. The highest BCUT2D eigenvalue weighted by Crippen LogP contribution is 2.24. The van der Waals surface area contributed by atoms with E-state index in [2.05, 4.69) is 19.9 Å². The molecule has 0 fully saturated rings. The van der Waals surface area contributed by atoms with Crippen molar-refractivity contribution in [3.63, 3.8) is 0 Å². The second kappa shape index (κ2) is 3.44. The number of nitrogens with zero attached hydrogens (tertiary/aromatic N) is 2. The molecule has 1 amide bonds. The number of carbonyl (C=O) groups excluding carboxylic acids is 1. The van der Waals surface area contributed by atoms with Crippen molar-refractivity contribution in [1.82, 2.24) is 19.9 Å². The lowest BCUT2D eigenvalue weighted by molar-refractivity contribution is 0.0996. The van der Waals surface area contributed by atoms with Crippen LogP contribution in [0, 0.1) is 0 Å². The second-order valence-corrected chi connectivity index (χ2v) is 3.63. The van der Waals surface area contributed by atoms with Crippen LogP contribution in [0.1, 0.15) is 10.5 Å². The molecule has 17 heavy (non-hydrogen) atoms. The highest BCUT2D eigenvalue weighted by molar-refractivity contribution is 5.95. The van der Waals surface area contributed by atoms with Crippen molar-refractivity contribution in [2.75, 3.05) is 0 Å². The van der Waals surface area contributed by atoms with E-state index in [4.69, 9.17) is 5.73 Å². The maximum absolute atomic E-state index is 11.0. The Morgan fingerprint density at radius 3 is 2.94 bits per heavy atom. The molecule has 0 aliphatic rings. The zero-order valence-corrected chi connectivity index (χ0v) is 8.77. The smallest absolute Gasteiger partial charge is 0.265 e. The van der Waals surface area contributed by atoms with Gasteiger partial charge in [0.05, 0.1) is 5.69 Å². The molecule has 6 heteroatoms. The van der Waals surface area contributed by atoms with Crippen LogP contribution in [-0.4, -0.2) is 25.8 Å². The largest absolute Gasteiger partial charge is 0.364 e. The molecule has 0 atom stereocenters. The summed E-state index contributed by atoms with van der Waals surface area (Å²) in [5.41, 5.74) is 7.89. The van der Waals surface area contributed by atoms with E-state index in [-0.39, 0.29) is 0 Å². The minimum Gasteiger partial charge on any atom is -0.364 e. The zero-order chi connectivity index (χ0) is 11.8. The lowest BCUT2D eigenvalue weighted by atomic mass is 10.1. The maximum atomic E-state index is 11.0. The van der Waals surface area contributed by atoms with Gasteiger partial charge >= 0.3 is 0 Å². The number of primary amides is 1. The van der Waals surface area contributed by atoms with E-state index in [1.807, 2.05) is 6.07 Å². The van der Waals surface area contributed by atoms with E-state index in [0.29, 0.717) is 5.69 Å². The first-order valence-electron chi connectivity index (χ1n) is 5.02. The summed E-state index contributed by atoms with van der Waals surface area (Å²) < 4.78 is 0. The number of rotatable bonds is 2. The first-order chi connectivity index (χ1) is 8.25. The molecule has 6 nitrogen and oxygen atoms in total. The average Bonchev–Trinajstić information content (AvgIpc) is 2.97. The number of aromatic nitrogens is 4. The molecule has 0 saturated heterocycles. The SMILES string of the molecule is NC(=O)c1cc(-c2ncnc3[nH]ccc23)c[nH]1. The van der Waals surface area contributed by atoms with Gasteiger partial charge in [0.25, 0.3) is 5.91 Å². The molecule has 0 aliphatic carbocycles. The van der Waals surface area contributed by atoms with Crippen LogP contribution in [0.3, 0.4) is 0 Å². The molecule has 0 radical (unpaired) electrons. The van der Waals surface area contributed by atoms with E-state index in [1.165, 1.54) is 6.33 Å². The van der Waals surface area contributed by atoms with Gasteiger partial charge in [0.2, 0.25) is 0 Å². The summed E-state index contributed by atoms with van der Waals surface area (Å²) >= 11 is 0. The number of fused-ring (bicyclic) bond motifs is 1. The number of aromatic amines is 2. The fourth-order valence-corrected chi connectivity index (χ4v) is 1.78. The molecule has 4 N–H and O–H groups in total. The Bertz CT molecular complexity index is 697. The molecule has 84 valence electrons. The summed E-state index contributed by atoms with van der Waals surface area (Å²) in [6, 6.07) is 3.57. The third-order valence-electron chi connectivity index (χ3n) is 2.58. The monoisotopic (exact) mass is 227 g/mol. The van der Waals surface area contributed by atoms with E-state index in [0.717, 1.165) is 22.3 Å². The number of nitrogens with one attached hydrogen (secondary N) is 2. The highest BCUT2D eigenvalue weighted by Gasteiger charge is 2.10.